The third-order valence-electron chi connectivity index (χ3n) is 5.31. The first kappa shape index (κ1) is 24.3. The van der Waals surface area contributed by atoms with Gasteiger partial charge in [-0.05, 0) is 42.1 Å². The topological polar surface area (TPSA) is 113 Å². The number of carboxylic acid groups (broad SMARTS) is 1. The third kappa shape index (κ3) is 5.83. The van der Waals surface area contributed by atoms with Crippen molar-refractivity contribution in [3.63, 3.8) is 0 Å². The first-order valence-corrected chi connectivity index (χ1v) is 11.8. The highest BCUT2D eigenvalue weighted by atomic mass is 79.9. The SMILES string of the molecule is CC[C@H](COc1cncc(-c2cc3c(cnc4ccc(Br)cc43)c(N=CN(C)C)n2)c1)NC(=O)O. The summed E-state index contributed by atoms with van der Waals surface area (Å²) in [6.45, 7) is 2.09. The summed E-state index contributed by atoms with van der Waals surface area (Å²) in [5.41, 5.74) is 2.31. The lowest BCUT2D eigenvalue weighted by atomic mass is 10.0. The van der Waals surface area contributed by atoms with Crippen LogP contribution in [0.1, 0.15) is 13.3 Å². The maximum Gasteiger partial charge on any atom is 0.404 e. The number of aliphatic imine (C=N–C) groups is 1. The highest BCUT2D eigenvalue weighted by molar-refractivity contribution is 9.10. The molecule has 1 amide bonds. The Hall–Kier alpha value is -3.79. The Morgan fingerprint density at radius 1 is 1.20 bits per heavy atom. The Balaban J connectivity index is 1.78. The highest BCUT2D eigenvalue weighted by Gasteiger charge is 2.14. The van der Waals surface area contributed by atoms with Gasteiger partial charge in [0.15, 0.2) is 5.82 Å². The molecule has 2 N–H and O–H groups in total. The van der Waals surface area contributed by atoms with E-state index in [2.05, 4.69) is 36.2 Å². The van der Waals surface area contributed by atoms with Crippen LogP contribution in [0.25, 0.3) is 32.9 Å². The predicted molar refractivity (Wildman–Crippen MR) is 141 cm³/mol. The first-order chi connectivity index (χ1) is 16.8. The van der Waals surface area contributed by atoms with Crippen LogP contribution in [0, 0.1) is 0 Å². The highest BCUT2D eigenvalue weighted by Crippen LogP contribution is 2.34. The number of amides is 1. The molecule has 1 aromatic carbocycles. The quantitative estimate of drug-likeness (QED) is 0.179. The molecule has 9 nitrogen and oxygen atoms in total. The van der Waals surface area contributed by atoms with Gasteiger partial charge in [-0.1, -0.05) is 22.9 Å². The van der Waals surface area contributed by atoms with Gasteiger partial charge in [0, 0.05) is 47.3 Å². The number of halogens is 1. The number of benzene rings is 1. The first-order valence-electron chi connectivity index (χ1n) is 11.0. The van der Waals surface area contributed by atoms with Crippen molar-refractivity contribution in [3.05, 3.63) is 53.4 Å². The fraction of sp³-hybridized carbons (Fsp3) is 0.240. The molecule has 0 aliphatic heterocycles. The number of nitrogens with one attached hydrogen (secondary N) is 1. The largest absolute Gasteiger partial charge is 0.490 e. The van der Waals surface area contributed by atoms with Crippen LogP contribution in [0.4, 0.5) is 10.6 Å². The number of rotatable bonds is 8. The van der Waals surface area contributed by atoms with E-state index in [0.29, 0.717) is 23.7 Å². The number of nitrogens with zero attached hydrogens (tertiary/aromatic N) is 5. The van der Waals surface area contributed by atoms with Crippen LogP contribution in [0.2, 0.25) is 0 Å². The molecule has 4 rings (SSSR count). The molecule has 10 heteroatoms. The zero-order chi connectivity index (χ0) is 24.9. The van der Waals surface area contributed by atoms with E-state index in [1.54, 1.807) is 24.9 Å². The molecule has 3 aromatic heterocycles. The molecule has 0 saturated heterocycles. The number of carbonyl (C=O) groups is 1. The van der Waals surface area contributed by atoms with Gasteiger partial charge in [-0.3, -0.25) is 9.97 Å². The van der Waals surface area contributed by atoms with Gasteiger partial charge >= 0.3 is 6.09 Å². The van der Waals surface area contributed by atoms with E-state index in [1.807, 2.05) is 56.3 Å². The minimum absolute atomic E-state index is 0.196. The van der Waals surface area contributed by atoms with Crippen molar-refractivity contribution < 1.29 is 14.6 Å². The van der Waals surface area contributed by atoms with Crippen LogP contribution in [-0.2, 0) is 0 Å². The summed E-state index contributed by atoms with van der Waals surface area (Å²) in [5.74, 6) is 1.07. The van der Waals surface area contributed by atoms with E-state index in [4.69, 9.17) is 14.8 Å². The summed E-state index contributed by atoms with van der Waals surface area (Å²) < 4.78 is 6.79. The van der Waals surface area contributed by atoms with Crippen molar-refractivity contribution in [1.82, 2.24) is 25.2 Å². The van der Waals surface area contributed by atoms with Crippen molar-refractivity contribution in [2.75, 3.05) is 20.7 Å². The van der Waals surface area contributed by atoms with Gasteiger partial charge in [0.05, 0.1) is 29.8 Å². The second-order valence-corrected chi connectivity index (χ2v) is 9.11. The van der Waals surface area contributed by atoms with Crippen LogP contribution in [-0.4, -0.2) is 64.1 Å². The zero-order valence-electron chi connectivity index (χ0n) is 19.6. The van der Waals surface area contributed by atoms with Gasteiger partial charge in [-0.2, -0.15) is 0 Å². The van der Waals surface area contributed by atoms with Gasteiger partial charge in [-0.15, -0.1) is 0 Å². The van der Waals surface area contributed by atoms with E-state index in [1.165, 1.54) is 0 Å². The predicted octanol–water partition coefficient (Wildman–Crippen LogP) is 5.25. The summed E-state index contributed by atoms with van der Waals surface area (Å²) in [5, 5.41) is 14.2. The Morgan fingerprint density at radius 2 is 2.03 bits per heavy atom. The number of aromatic nitrogens is 3. The standard InChI is InChI=1S/C25H25BrN6O3/c1-4-17(30-25(33)34)13-35-18-7-15(10-27-11-18)23-9-19-20-8-16(26)5-6-22(20)28-12-21(19)24(31-23)29-14-32(2)3/h5-12,14,17,30H,4,13H2,1-3H3,(H,33,34)/t17-/m1/s1. The Kier molecular flexibility index (Phi) is 7.40. The zero-order valence-corrected chi connectivity index (χ0v) is 21.2. The number of ether oxygens (including phenoxy) is 1. The number of fused-ring (bicyclic) bond motifs is 3. The van der Waals surface area contributed by atoms with Crippen LogP contribution in [0.5, 0.6) is 5.75 Å². The molecule has 0 bridgehead atoms. The molecule has 3 heterocycles. The smallest absolute Gasteiger partial charge is 0.404 e. The molecule has 0 unspecified atom stereocenters. The molecule has 1 atom stereocenters. The summed E-state index contributed by atoms with van der Waals surface area (Å²) >= 11 is 3.56. The average molecular weight is 537 g/mol. The average Bonchev–Trinajstić information content (AvgIpc) is 2.84. The lowest BCUT2D eigenvalue weighted by molar-refractivity contribution is 0.180. The molecule has 0 saturated carbocycles. The second kappa shape index (κ2) is 10.6. The molecule has 0 radical (unpaired) electrons. The molecular weight excluding hydrogens is 512 g/mol. The van der Waals surface area contributed by atoms with Crippen LogP contribution >= 0.6 is 15.9 Å². The van der Waals surface area contributed by atoms with Crippen LogP contribution in [0.15, 0.2) is 58.4 Å². The van der Waals surface area contributed by atoms with Crippen molar-refractivity contribution >= 4 is 55.9 Å². The fourth-order valence-electron chi connectivity index (χ4n) is 3.55. The Bertz CT molecular complexity index is 1410. The van der Waals surface area contributed by atoms with Gasteiger partial charge in [0.25, 0.3) is 0 Å². The second-order valence-electron chi connectivity index (χ2n) is 8.20. The molecule has 35 heavy (non-hydrogen) atoms. The minimum atomic E-state index is -1.08. The number of hydrogen-bond acceptors (Lipinski definition) is 6. The monoisotopic (exact) mass is 536 g/mol. The molecule has 0 aliphatic rings. The van der Waals surface area contributed by atoms with Crippen LogP contribution < -0.4 is 10.1 Å². The van der Waals surface area contributed by atoms with E-state index in [-0.39, 0.29) is 12.6 Å². The molecule has 0 spiro atoms. The Labute approximate surface area is 211 Å². The Morgan fingerprint density at radius 3 is 2.77 bits per heavy atom. The van der Waals surface area contributed by atoms with Gasteiger partial charge in [-0.25, -0.2) is 14.8 Å². The van der Waals surface area contributed by atoms with Crippen molar-refractivity contribution in [3.8, 4) is 17.0 Å². The number of hydrogen-bond donors (Lipinski definition) is 2. The lowest BCUT2D eigenvalue weighted by Crippen LogP contribution is -2.37. The van der Waals surface area contributed by atoms with Crippen molar-refractivity contribution in [2.24, 2.45) is 4.99 Å². The van der Waals surface area contributed by atoms with Gasteiger partial charge in [0.2, 0.25) is 0 Å². The van der Waals surface area contributed by atoms with Crippen molar-refractivity contribution in [1.29, 1.82) is 0 Å². The molecule has 4 aromatic rings. The maximum atomic E-state index is 11.0. The van der Waals surface area contributed by atoms with Crippen molar-refractivity contribution in [2.45, 2.75) is 19.4 Å². The van der Waals surface area contributed by atoms with Crippen LogP contribution in [0.3, 0.4) is 0 Å². The summed E-state index contributed by atoms with van der Waals surface area (Å²) in [6.07, 6.45) is 6.34. The fourth-order valence-corrected chi connectivity index (χ4v) is 3.91. The van der Waals surface area contributed by atoms with E-state index in [0.717, 1.165) is 31.7 Å². The lowest BCUT2D eigenvalue weighted by Gasteiger charge is -2.16. The molecule has 0 aliphatic carbocycles. The molecular formula is C25H25BrN6O3. The number of pyridine rings is 3. The van der Waals surface area contributed by atoms with Gasteiger partial charge in [0.1, 0.15) is 12.4 Å². The third-order valence-corrected chi connectivity index (χ3v) is 5.80. The summed E-state index contributed by atoms with van der Waals surface area (Å²) in [7, 11) is 3.79. The van der Waals surface area contributed by atoms with Gasteiger partial charge < -0.3 is 20.1 Å². The van der Waals surface area contributed by atoms with E-state index in [9.17, 15) is 4.79 Å². The summed E-state index contributed by atoms with van der Waals surface area (Å²) in [6, 6.07) is 9.48. The molecule has 0 fully saturated rings. The summed E-state index contributed by atoms with van der Waals surface area (Å²) in [4.78, 5) is 31.1. The minimum Gasteiger partial charge on any atom is -0.490 e. The van der Waals surface area contributed by atoms with E-state index < -0.39 is 6.09 Å². The maximum absolute atomic E-state index is 11.0. The normalized spacial score (nSPS) is 12.2. The van der Waals surface area contributed by atoms with E-state index >= 15 is 0 Å². The molecule has 180 valence electrons.